The number of benzene rings is 3. The molecular formula is C22H21NO. The molecule has 2 nitrogen and oxygen atoms in total. The fourth-order valence-corrected chi connectivity index (χ4v) is 2.41. The minimum Gasteiger partial charge on any atom is -0.489 e. The van der Waals surface area contributed by atoms with Crippen molar-refractivity contribution < 1.29 is 4.74 Å². The molecule has 120 valence electrons. The summed E-state index contributed by atoms with van der Waals surface area (Å²) < 4.78 is 5.80. The number of ether oxygens (including phenoxy) is 1. The monoisotopic (exact) mass is 315 g/mol. The zero-order chi connectivity index (χ0) is 16.6. The van der Waals surface area contributed by atoms with Gasteiger partial charge in [0.15, 0.2) is 0 Å². The molecule has 24 heavy (non-hydrogen) atoms. The van der Waals surface area contributed by atoms with Crippen molar-refractivity contribution >= 4 is 6.21 Å². The van der Waals surface area contributed by atoms with Gasteiger partial charge in [-0.3, -0.25) is 4.99 Å². The lowest BCUT2D eigenvalue weighted by molar-refractivity contribution is 0.306. The Kier molecular flexibility index (Phi) is 5.41. The molecule has 0 fully saturated rings. The van der Waals surface area contributed by atoms with E-state index in [-0.39, 0.29) is 6.04 Å². The molecule has 0 amide bonds. The topological polar surface area (TPSA) is 21.6 Å². The van der Waals surface area contributed by atoms with Crippen LogP contribution in [0.2, 0.25) is 0 Å². The van der Waals surface area contributed by atoms with E-state index in [1.54, 1.807) is 0 Å². The normalized spacial score (nSPS) is 12.2. The first-order valence-corrected chi connectivity index (χ1v) is 8.16. The molecule has 0 aliphatic heterocycles. The minimum atomic E-state index is 0.153. The molecule has 2 heteroatoms. The second-order valence-corrected chi connectivity index (χ2v) is 5.71. The summed E-state index contributed by atoms with van der Waals surface area (Å²) in [7, 11) is 0. The van der Waals surface area contributed by atoms with Crippen LogP contribution in [0.5, 0.6) is 5.75 Å². The van der Waals surface area contributed by atoms with Crippen LogP contribution in [0, 0.1) is 0 Å². The van der Waals surface area contributed by atoms with Crippen LogP contribution in [0.1, 0.15) is 29.7 Å². The third kappa shape index (κ3) is 4.56. The van der Waals surface area contributed by atoms with Crippen LogP contribution in [0.15, 0.2) is 89.9 Å². The summed E-state index contributed by atoms with van der Waals surface area (Å²) in [6, 6.07) is 28.7. The van der Waals surface area contributed by atoms with Crippen molar-refractivity contribution in [2.24, 2.45) is 4.99 Å². The van der Waals surface area contributed by atoms with Gasteiger partial charge in [0.1, 0.15) is 12.4 Å². The molecule has 0 N–H and O–H groups in total. The molecule has 0 unspecified atom stereocenters. The molecule has 0 aliphatic carbocycles. The largest absolute Gasteiger partial charge is 0.489 e. The molecule has 0 heterocycles. The Balaban J connectivity index is 1.57. The predicted octanol–water partition coefficient (Wildman–Crippen LogP) is 5.45. The second-order valence-electron chi connectivity index (χ2n) is 5.71. The highest BCUT2D eigenvalue weighted by Gasteiger charge is 2.01. The van der Waals surface area contributed by atoms with Gasteiger partial charge in [-0.2, -0.15) is 0 Å². The van der Waals surface area contributed by atoms with Crippen LogP contribution in [-0.4, -0.2) is 6.21 Å². The van der Waals surface area contributed by atoms with Crippen molar-refractivity contribution in [3.8, 4) is 5.75 Å². The number of hydrogen-bond acceptors (Lipinski definition) is 2. The zero-order valence-corrected chi connectivity index (χ0v) is 13.8. The van der Waals surface area contributed by atoms with E-state index in [2.05, 4.69) is 36.2 Å². The van der Waals surface area contributed by atoms with Crippen LogP contribution in [-0.2, 0) is 6.61 Å². The van der Waals surface area contributed by atoms with Gasteiger partial charge >= 0.3 is 0 Å². The smallest absolute Gasteiger partial charge is 0.119 e. The van der Waals surface area contributed by atoms with Crippen LogP contribution < -0.4 is 4.74 Å². The van der Waals surface area contributed by atoms with Crippen LogP contribution in [0.3, 0.4) is 0 Å². The molecule has 0 saturated heterocycles. The van der Waals surface area contributed by atoms with E-state index in [0.29, 0.717) is 6.61 Å². The molecule has 3 rings (SSSR count). The van der Waals surface area contributed by atoms with Gasteiger partial charge < -0.3 is 4.74 Å². The van der Waals surface area contributed by atoms with E-state index in [9.17, 15) is 0 Å². The average molecular weight is 315 g/mol. The van der Waals surface area contributed by atoms with Crippen molar-refractivity contribution in [1.82, 2.24) is 0 Å². The van der Waals surface area contributed by atoms with Crippen molar-refractivity contribution in [2.45, 2.75) is 19.6 Å². The molecular weight excluding hydrogens is 294 g/mol. The maximum absolute atomic E-state index is 5.80. The van der Waals surface area contributed by atoms with E-state index in [4.69, 9.17) is 4.74 Å². The number of hydrogen-bond donors (Lipinski definition) is 0. The maximum atomic E-state index is 5.80. The lowest BCUT2D eigenvalue weighted by Gasteiger charge is -2.07. The molecule has 0 saturated carbocycles. The fourth-order valence-electron chi connectivity index (χ4n) is 2.41. The molecule has 0 bridgehead atoms. The van der Waals surface area contributed by atoms with Gasteiger partial charge in [0, 0.05) is 6.21 Å². The minimum absolute atomic E-state index is 0.153. The first kappa shape index (κ1) is 16.0. The van der Waals surface area contributed by atoms with Crippen LogP contribution >= 0.6 is 0 Å². The Bertz CT molecular complexity index is 764. The van der Waals surface area contributed by atoms with E-state index in [0.717, 1.165) is 11.3 Å². The Morgan fingerprint density at radius 1 is 0.833 bits per heavy atom. The summed E-state index contributed by atoms with van der Waals surface area (Å²) in [6.07, 6.45) is 1.92. The molecule has 1 atom stereocenters. The molecule has 0 radical (unpaired) electrons. The zero-order valence-electron chi connectivity index (χ0n) is 13.8. The van der Waals surface area contributed by atoms with Crippen LogP contribution in [0.25, 0.3) is 0 Å². The van der Waals surface area contributed by atoms with Crippen LogP contribution in [0.4, 0.5) is 0 Å². The molecule has 0 aliphatic rings. The van der Waals surface area contributed by atoms with E-state index in [1.165, 1.54) is 11.1 Å². The Labute approximate surface area is 143 Å². The van der Waals surface area contributed by atoms with Crippen molar-refractivity contribution in [3.05, 3.63) is 102 Å². The highest BCUT2D eigenvalue weighted by atomic mass is 16.5. The number of aliphatic imine (C=N–C) groups is 1. The second kappa shape index (κ2) is 8.11. The van der Waals surface area contributed by atoms with Gasteiger partial charge in [-0.25, -0.2) is 0 Å². The standard InChI is InChI=1S/C22H21NO/c1-18(21-10-6-3-7-11-21)23-16-19-12-14-22(15-13-19)24-17-20-8-4-2-5-9-20/h2-16,18H,17H2,1H3/t18-/m0/s1. The van der Waals surface area contributed by atoms with E-state index in [1.807, 2.05) is 66.9 Å². The van der Waals surface area contributed by atoms with Gasteiger partial charge in [0.2, 0.25) is 0 Å². The summed E-state index contributed by atoms with van der Waals surface area (Å²) in [5.74, 6) is 0.868. The third-order valence-electron chi connectivity index (χ3n) is 3.86. The first-order valence-electron chi connectivity index (χ1n) is 8.16. The summed E-state index contributed by atoms with van der Waals surface area (Å²) in [6.45, 7) is 2.68. The van der Waals surface area contributed by atoms with E-state index < -0.39 is 0 Å². The SMILES string of the molecule is C[C@H](N=Cc1ccc(OCc2ccccc2)cc1)c1ccccc1. The quantitative estimate of drug-likeness (QED) is 0.555. The first-order chi connectivity index (χ1) is 11.8. The highest BCUT2D eigenvalue weighted by Crippen LogP contribution is 2.17. The van der Waals surface area contributed by atoms with Gasteiger partial charge in [0.25, 0.3) is 0 Å². The molecule has 3 aromatic carbocycles. The van der Waals surface area contributed by atoms with Gasteiger partial charge in [-0.05, 0) is 47.9 Å². The maximum Gasteiger partial charge on any atom is 0.119 e. The molecule has 0 spiro atoms. The van der Waals surface area contributed by atoms with E-state index >= 15 is 0 Å². The Morgan fingerprint density at radius 3 is 2.12 bits per heavy atom. The Morgan fingerprint density at radius 2 is 1.46 bits per heavy atom. The Hall–Kier alpha value is -2.87. The molecule has 3 aromatic rings. The summed E-state index contributed by atoms with van der Waals surface area (Å²) >= 11 is 0. The van der Waals surface area contributed by atoms with Gasteiger partial charge in [-0.15, -0.1) is 0 Å². The average Bonchev–Trinajstić information content (AvgIpc) is 2.67. The number of rotatable bonds is 6. The predicted molar refractivity (Wildman–Crippen MR) is 99.7 cm³/mol. The fraction of sp³-hybridized carbons (Fsp3) is 0.136. The molecule has 0 aromatic heterocycles. The number of nitrogens with zero attached hydrogens (tertiary/aromatic N) is 1. The lowest BCUT2D eigenvalue weighted by atomic mass is 10.1. The third-order valence-corrected chi connectivity index (χ3v) is 3.86. The van der Waals surface area contributed by atoms with Gasteiger partial charge in [0.05, 0.1) is 6.04 Å². The van der Waals surface area contributed by atoms with Gasteiger partial charge in [-0.1, -0.05) is 60.7 Å². The lowest BCUT2D eigenvalue weighted by Crippen LogP contribution is -1.95. The summed E-state index contributed by atoms with van der Waals surface area (Å²) in [5, 5.41) is 0. The summed E-state index contributed by atoms with van der Waals surface area (Å²) in [5.41, 5.74) is 3.46. The summed E-state index contributed by atoms with van der Waals surface area (Å²) in [4.78, 5) is 4.62. The highest BCUT2D eigenvalue weighted by molar-refractivity contribution is 5.79. The van der Waals surface area contributed by atoms with Crippen molar-refractivity contribution in [2.75, 3.05) is 0 Å². The van der Waals surface area contributed by atoms with Crippen molar-refractivity contribution in [3.63, 3.8) is 0 Å². The van der Waals surface area contributed by atoms with Crippen molar-refractivity contribution in [1.29, 1.82) is 0 Å².